The molecule has 0 radical (unpaired) electrons. The van der Waals surface area contributed by atoms with E-state index in [9.17, 15) is 0 Å². The molecule has 1 atom stereocenters. The van der Waals surface area contributed by atoms with Gasteiger partial charge in [0.15, 0.2) is 0 Å². The topological polar surface area (TPSA) is 21.3 Å². The van der Waals surface area contributed by atoms with Crippen LogP contribution in [0.2, 0.25) is 0 Å². The van der Waals surface area contributed by atoms with Gasteiger partial charge >= 0.3 is 0 Å². The summed E-state index contributed by atoms with van der Waals surface area (Å²) in [5.41, 5.74) is 1.24. The molecule has 2 nitrogen and oxygen atoms in total. The summed E-state index contributed by atoms with van der Waals surface area (Å²) >= 11 is 0. The Kier molecular flexibility index (Phi) is 10.5. The minimum Gasteiger partial charge on any atom is -0.492 e. The second kappa shape index (κ2) is 11.5. The molecule has 106 valence electrons. The summed E-state index contributed by atoms with van der Waals surface area (Å²) in [7, 11) is 1.94. The summed E-state index contributed by atoms with van der Waals surface area (Å²) in [6.45, 7) is 9.99. The first-order valence-electron chi connectivity index (χ1n) is 6.97. The molecule has 0 aromatic carbocycles. The molecular formula is C17H27NO. The molecule has 0 aliphatic heterocycles. The Balaban J connectivity index is 3.91. The maximum atomic E-state index is 5.54. The summed E-state index contributed by atoms with van der Waals surface area (Å²) in [5.74, 6) is 7.09. The first-order valence-corrected chi connectivity index (χ1v) is 6.97. The van der Waals surface area contributed by atoms with Crippen molar-refractivity contribution in [2.75, 3.05) is 7.05 Å². The van der Waals surface area contributed by atoms with E-state index in [0.717, 1.165) is 31.4 Å². The van der Waals surface area contributed by atoms with Gasteiger partial charge in [-0.3, -0.25) is 0 Å². The van der Waals surface area contributed by atoms with Gasteiger partial charge in [0.1, 0.15) is 6.10 Å². The quantitative estimate of drug-likeness (QED) is 0.402. The minimum atomic E-state index is 0.0742. The lowest BCUT2D eigenvalue weighted by molar-refractivity contribution is 0.164. The van der Waals surface area contributed by atoms with Crippen molar-refractivity contribution in [1.29, 1.82) is 0 Å². The van der Waals surface area contributed by atoms with Crippen LogP contribution in [0, 0.1) is 11.8 Å². The molecule has 19 heavy (non-hydrogen) atoms. The molecule has 2 heteroatoms. The summed E-state index contributed by atoms with van der Waals surface area (Å²) < 4.78 is 5.54. The molecule has 0 saturated heterocycles. The Bertz CT molecular complexity index is 362. The van der Waals surface area contributed by atoms with Crippen LogP contribution in [-0.4, -0.2) is 13.2 Å². The number of nitrogens with one attached hydrogen (secondary N) is 1. The van der Waals surface area contributed by atoms with Crippen molar-refractivity contribution < 1.29 is 4.74 Å². The fourth-order valence-corrected chi connectivity index (χ4v) is 1.45. The van der Waals surface area contributed by atoms with E-state index >= 15 is 0 Å². The predicted molar refractivity (Wildman–Crippen MR) is 83.6 cm³/mol. The van der Waals surface area contributed by atoms with Crippen LogP contribution in [0.1, 0.15) is 46.5 Å². The molecule has 0 rings (SSSR count). The van der Waals surface area contributed by atoms with Crippen LogP contribution in [0.25, 0.3) is 0 Å². The van der Waals surface area contributed by atoms with Gasteiger partial charge < -0.3 is 10.1 Å². The van der Waals surface area contributed by atoms with Crippen LogP contribution in [0.5, 0.6) is 0 Å². The molecule has 0 aliphatic rings. The molecule has 0 spiro atoms. The summed E-state index contributed by atoms with van der Waals surface area (Å²) in [5, 5.41) is 3.15. The van der Waals surface area contributed by atoms with Gasteiger partial charge in [0.2, 0.25) is 0 Å². The molecule has 0 aromatic rings. The van der Waals surface area contributed by atoms with E-state index < -0.39 is 0 Å². The van der Waals surface area contributed by atoms with Crippen molar-refractivity contribution in [1.82, 2.24) is 5.32 Å². The normalized spacial score (nSPS) is 12.7. The highest BCUT2D eigenvalue weighted by atomic mass is 16.5. The van der Waals surface area contributed by atoms with Crippen LogP contribution in [0.4, 0.5) is 0 Å². The van der Waals surface area contributed by atoms with Gasteiger partial charge in [-0.25, -0.2) is 0 Å². The predicted octanol–water partition coefficient (Wildman–Crippen LogP) is 4.17. The van der Waals surface area contributed by atoms with Crippen molar-refractivity contribution in [3.63, 3.8) is 0 Å². The van der Waals surface area contributed by atoms with E-state index in [2.05, 4.69) is 36.7 Å². The van der Waals surface area contributed by atoms with E-state index in [-0.39, 0.29) is 6.10 Å². The number of hydrogen-bond donors (Lipinski definition) is 1. The smallest absolute Gasteiger partial charge is 0.114 e. The van der Waals surface area contributed by atoms with Gasteiger partial charge in [-0.2, -0.15) is 0 Å². The average molecular weight is 261 g/mol. The molecule has 0 saturated carbocycles. The van der Waals surface area contributed by atoms with E-state index in [0.29, 0.717) is 0 Å². The van der Waals surface area contributed by atoms with E-state index in [1.165, 1.54) is 5.70 Å². The molecule has 0 amide bonds. The first-order chi connectivity index (χ1) is 9.13. The zero-order chi connectivity index (χ0) is 14.5. The largest absolute Gasteiger partial charge is 0.492 e. The van der Waals surface area contributed by atoms with Crippen molar-refractivity contribution in [3.05, 3.63) is 36.3 Å². The highest BCUT2D eigenvalue weighted by Crippen LogP contribution is 2.05. The lowest BCUT2D eigenvalue weighted by Gasteiger charge is -2.11. The van der Waals surface area contributed by atoms with Crippen LogP contribution in [-0.2, 0) is 4.74 Å². The number of rotatable bonds is 8. The van der Waals surface area contributed by atoms with Gasteiger partial charge in [0.25, 0.3) is 0 Å². The van der Waals surface area contributed by atoms with Gasteiger partial charge in [-0.15, -0.1) is 0 Å². The summed E-state index contributed by atoms with van der Waals surface area (Å²) in [6, 6.07) is 0. The highest BCUT2D eigenvalue weighted by Gasteiger charge is 1.97. The third kappa shape index (κ3) is 10.0. The van der Waals surface area contributed by atoms with Crippen LogP contribution >= 0.6 is 0 Å². The third-order valence-electron chi connectivity index (χ3n) is 2.65. The third-order valence-corrected chi connectivity index (χ3v) is 2.65. The maximum absolute atomic E-state index is 5.54. The van der Waals surface area contributed by atoms with Crippen LogP contribution in [0.3, 0.4) is 0 Å². The van der Waals surface area contributed by atoms with Gasteiger partial charge in [-0.1, -0.05) is 44.4 Å². The Hall–Kier alpha value is -1.62. The van der Waals surface area contributed by atoms with Gasteiger partial charge in [0.05, 0.1) is 5.76 Å². The maximum Gasteiger partial charge on any atom is 0.114 e. The van der Waals surface area contributed by atoms with Crippen molar-refractivity contribution in [3.8, 4) is 11.8 Å². The second-order valence-electron chi connectivity index (χ2n) is 4.24. The molecule has 0 aromatic heterocycles. The SMILES string of the molecule is C=C(CC)OC(C)/C=C/CC#CC/C=C(\CC)NC. The Morgan fingerprint density at radius 2 is 1.95 bits per heavy atom. The van der Waals surface area contributed by atoms with Crippen molar-refractivity contribution in [2.24, 2.45) is 0 Å². The first kappa shape index (κ1) is 17.4. The molecule has 1 N–H and O–H groups in total. The number of allylic oxidation sites excluding steroid dienone is 4. The lowest BCUT2D eigenvalue weighted by Crippen LogP contribution is -2.03. The van der Waals surface area contributed by atoms with E-state index in [1.54, 1.807) is 0 Å². The highest BCUT2D eigenvalue weighted by molar-refractivity contribution is 5.11. The minimum absolute atomic E-state index is 0.0742. The summed E-state index contributed by atoms with van der Waals surface area (Å²) in [6.07, 6.45) is 9.72. The fourth-order valence-electron chi connectivity index (χ4n) is 1.45. The second-order valence-corrected chi connectivity index (χ2v) is 4.24. The fraction of sp³-hybridized carbons (Fsp3) is 0.529. The lowest BCUT2D eigenvalue weighted by atomic mass is 10.2. The molecule has 1 unspecified atom stereocenters. The van der Waals surface area contributed by atoms with Crippen molar-refractivity contribution in [2.45, 2.75) is 52.6 Å². The van der Waals surface area contributed by atoms with Crippen LogP contribution in [0.15, 0.2) is 36.3 Å². The Labute approximate surface area is 118 Å². The van der Waals surface area contributed by atoms with E-state index in [1.807, 2.05) is 33.0 Å². The molecule has 0 heterocycles. The Morgan fingerprint density at radius 3 is 2.53 bits per heavy atom. The van der Waals surface area contributed by atoms with E-state index in [4.69, 9.17) is 4.74 Å². The molecule has 0 fully saturated rings. The zero-order valence-corrected chi connectivity index (χ0v) is 12.8. The Morgan fingerprint density at radius 1 is 1.26 bits per heavy atom. The summed E-state index contributed by atoms with van der Waals surface area (Å²) in [4.78, 5) is 0. The monoisotopic (exact) mass is 261 g/mol. The molecule has 0 aliphatic carbocycles. The average Bonchev–Trinajstić information content (AvgIpc) is 2.41. The standard InChI is InChI=1S/C17H27NO/c1-6-15(3)19-16(4)13-11-9-8-10-12-14-17(7-2)18-5/h11,13-14,16,18H,3,6-7,9,12H2,1-2,4-5H3/b13-11+,17-14+. The molecular weight excluding hydrogens is 234 g/mol. The van der Waals surface area contributed by atoms with Gasteiger partial charge in [0, 0.05) is 32.0 Å². The number of ether oxygens (including phenoxy) is 1. The molecule has 0 bridgehead atoms. The van der Waals surface area contributed by atoms with Gasteiger partial charge in [-0.05, 0) is 19.4 Å². The zero-order valence-electron chi connectivity index (χ0n) is 12.8. The van der Waals surface area contributed by atoms with Crippen LogP contribution < -0.4 is 5.32 Å². The number of hydrogen-bond acceptors (Lipinski definition) is 2. The van der Waals surface area contributed by atoms with Crippen molar-refractivity contribution >= 4 is 0 Å².